The zero-order chi connectivity index (χ0) is 87.7. The van der Waals surface area contributed by atoms with Gasteiger partial charge < -0.3 is 28.4 Å². The summed E-state index contributed by atoms with van der Waals surface area (Å²) >= 11 is 0. The fourth-order valence-electron chi connectivity index (χ4n) is 8.20. The number of carbonyl (C=O) groups excluding carboxylic acids is 6. The highest BCUT2D eigenvalue weighted by molar-refractivity contribution is 8.06. The van der Waals surface area contributed by atoms with Gasteiger partial charge in [-0.05, 0) is 38.8 Å². The monoisotopic (exact) mass is 1880 g/mol. The minimum Gasteiger partial charge on any atom is -0.467 e. The van der Waals surface area contributed by atoms with E-state index in [-0.39, 0.29) is 11.1 Å². The van der Waals surface area contributed by atoms with E-state index in [1.807, 2.05) is 17.8 Å². The van der Waals surface area contributed by atoms with Gasteiger partial charge in [0.15, 0.2) is 19.8 Å². The van der Waals surface area contributed by atoms with Crippen LogP contribution >= 0.6 is 0 Å². The minimum absolute atomic E-state index is 0.232. The van der Waals surface area contributed by atoms with Gasteiger partial charge in [0.05, 0.1) is 21.3 Å². The molecule has 6 aliphatic rings. The Kier molecular flexibility index (Phi) is 35.2. The van der Waals surface area contributed by atoms with Gasteiger partial charge in [0, 0.05) is 0 Å². The van der Waals surface area contributed by atoms with Crippen LogP contribution in [-0.4, -0.2) is 269 Å². The fraction of sp³-hybridized carbons (Fsp3) is 0.538. The highest BCUT2D eigenvalue weighted by Crippen LogP contribution is 2.35. The molecule has 6 saturated heterocycles. The van der Waals surface area contributed by atoms with Crippen LogP contribution in [0.15, 0.2) is 60.7 Å². The largest absolute Gasteiger partial charge is 0.467 e. The van der Waals surface area contributed by atoms with Crippen molar-refractivity contribution in [3.63, 3.8) is 0 Å². The maximum atomic E-state index is 13.3. The first-order chi connectivity index (χ1) is 51.8. The molecule has 48 nitrogen and oxygen atoms in total. The van der Waals surface area contributed by atoms with Gasteiger partial charge in [-0.3, -0.25) is 33.5 Å². The minimum atomic E-state index is -4.70. The number of benzene rings is 2. The van der Waals surface area contributed by atoms with Crippen LogP contribution in [0.4, 0.5) is 8.78 Å². The Morgan fingerprint density at radius 1 is 0.333 bits per heavy atom. The molecule has 2 aromatic carbocycles. The van der Waals surface area contributed by atoms with Crippen LogP contribution in [0.1, 0.15) is 51.0 Å². The molecule has 0 aliphatic carbocycles. The number of ether oxygens (including phenoxy) is 6. The first kappa shape index (κ1) is 101. The van der Waals surface area contributed by atoms with E-state index in [0.29, 0.717) is 0 Å². The van der Waals surface area contributed by atoms with Crippen molar-refractivity contribution in [3.8, 4) is 37.0 Å². The van der Waals surface area contributed by atoms with Crippen molar-refractivity contribution in [2.45, 2.75) is 100 Å². The summed E-state index contributed by atoms with van der Waals surface area (Å²) in [5, 5.41) is -8.63. The molecule has 0 radical (unpaired) electrons. The molecule has 0 saturated carbocycles. The molecule has 0 amide bonds. The quantitative estimate of drug-likeness (QED) is 0.0878. The number of carbonyl (C=O) groups is 6. The molecule has 2 aromatic rings. The molecule has 114 heavy (non-hydrogen) atoms. The Balaban J connectivity index is 0.000000356. The molecule has 6 heterocycles. The molecule has 6 aliphatic heterocycles. The summed E-state index contributed by atoms with van der Waals surface area (Å²) in [6.07, 6.45) is -5.60. The number of rotatable bonds is 11. The highest BCUT2D eigenvalue weighted by atomic mass is 32.3. The molecule has 8 rings (SSSR count). The average Bonchev–Trinajstić information content (AvgIpc) is 1.58. The number of hydrogen-bond acceptors (Lipinski definition) is 48. The van der Waals surface area contributed by atoms with E-state index in [1.54, 1.807) is 36.4 Å². The zero-order valence-electron chi connectivity index (χ0n) is 58.4. The molecule has 0 N–H and O–H groups in total. The van der Waals surface area contributed by atoms with Crippen molar-refractivity contribution >= 4 is 157 Å². The van der Waals surface area contributed by atoms with Crippen molar-refractivity contribution < 1.29 is 217 Å². The molecule has 10 unspecified atom stereocenters. The number of esters is 6. The van der Waals surface area contributed by atoms with Gasteiger partial charge in [-0.25, -0.2) is 54.3 Å². The fourth-order valence-corrected chi connectivity index (χ4v) is 25.8. The predicted molar refractivity (Wildman–Crippen MR) is 364 cm³/mol. The summed E-state index contributed by atoms with van der Waals surface area (Å²) in [7, 11) is -51.3. The van der Waals surface area contributed by atoms with Gasteiger partial charge in [-0.15, -0.1) is 19.3 Å². The molecule has 0 bridgehead atoms. The van der Waals surface area contributed by atoms with Crippen LogP contribution in [0, 0.1) is 37.0 Å². The lowest BCUT2D eigenvalue weighted by Crippen LogP contribution is -2.46. The van der Waals surface area contributed by atoms with Crippen LogP contribution in [0.5, 0.6) is 0 Å². The zero-order valence-corrected chi connectivity index (χ0v) is 68.2. The summed E-state index contributed by atoms with van der Waals surface area (Å²) in [4.78, 5) is 68.8. The number of halogens is 2. The van der Waals surface area contributed by atoms with E-state index in [2.05, 4.69) is 70.3 Å². The van der Waals surface area contributed by atoms with Crippen molar-refractivity contribution in [1.82, 2.24) is 0 Å². The summed E-state index contributed by atoms with van der Waals surface area (Å²) in [5.41, 5.74) is -2.91. The van der Waals surface area contributed by atoms with Crippen LogP contribution in [0.25, 0.3) is 0 Å². The van der Waals surface area contributed by atoms with Crippen LogP contribution in [0.2, 0.25) is 0 Å². The maximum absolute atomic E-state index is 13.3. The molecule has 644 valence electrons. The van der Waals surface area contributed by atoms with E-state index < -0.39 is 280 Å². The third-order valence-electron chi connectivity index (χ3n) is 12.3. The van der Waals surface area contributed by atoms with Gasteiger partial charge in [0.1, 0.15) is 23.4 Å². The summed E-state index contributed by atoms with van der Waals surface area (Å²) in [6, 6.07) is 15.5. The smallest absolute Gasteiger partial charge is 0.343 e. The Labute approximate surface area is 650 Å². The molecule has 0 aromatic heterocycles. The SMILES string of the molecule is C#CCOC(=O)C1OS(=O)(=O)CS(=O)(=O)OC1(C)C.C#CCOC(=O)C1OS(=O)(=O)CS(=O)(=O)OC1F.C#CCOC(=O)C1OS(=O)(=O)CS(=O)(=O)OC1c1ccccc1.COC(=O)C1OS(=O)(=O)CS(=O)(=O)OC1(C)C.COC(=O)C1OS(=O)(=O)CS(=O)(=O)OC1F.COC(=O)C1OS(=O)(=O)CS(=O)(=O)OC1c1ccccc1. The van der Waals surface area contributed by atoms with Crippen molar-refractivity contribution in [2.75, 3.05) is 71.7 Å². The summed E-state index contributed by atoms with van der Waals surface area (Å²) < 4.78 is 378. The second kappa shape index (κ2) is 39.8. The predicted octanol–water partition coefficient (Wildman–Crippen LogP) is -5.21. The van der Waals surface area contributed by atoms with Gasteiger partial charge in [-0.1, -0.05) is 78.4 Å². The first-order valence-corrected chi connectivity index (χ1v) is 48.1. The van der Waals surface area contributed by atoms with Crippen LogP contribution in [-0.2, 0) is 229 Å². The lowest BCUT2D eigenvalue weighted by atomic mass is 10.0. The highest BCUT2D eigenvalue weighted by Gasteiger charge is 2.53. The third-order valence-corrected chi connectivity index (χ3v) is 32.4. The number of terminal acetylenes is 3. The Bertz CT molecular complexity index is 5470. The first-order valence-electron chi connectivity index (χ1n) is 29.2. The van der Waals surface area contributed by atoms with E-state index >= 15 is 0 Å². The second-order valence-corrected chi connectivity index (χ2v) is 43.8. The van der Waals surface area contributed by atoms with Crippen molar-refractivity contribution in [2.24, 2.45) is 0 Å². The molecular weight excluding hydrogens is 1820 g/mol. The topological polar surface area (TPSA) is 678 Å². The van der Waals surface area contributed by atoms with Gasteiger partial charge >= 0.3 is 35.8 Å². The normalized spacial score (nSPS) is 28.6. The lowest BCUT2D eigenvalue weighted by Gasteiger charge is -2.27. The lowest BCUT2D eigenvalue weighted by molar-refractivity contribution is -0.160. The average molecular weight is 1880 g/mol. The summed E-state index contributed by atoms with van der Waals surface area (Å²) in [6.45, 7) is 3.42. The molecule has 62 heteroatoms. The maximum Gasteiger partial charge on any atom is 0.343 e. The Hall–Kier alpha value is -7.28. The van der Waals surface area contributed by atoms with Crippen LogP contribution < -0.4 is 0 Å². The Morgan fingerprint density at radius 3 is 0.868 bits per heavy atom. The van der Waals surface area contributed by atoms with Gasteiger partial charge in [0.25, 0.3) is 134 Å². The summed E-state index contributed by atoms with van der Waals surface area (Å²) in [5.74, 6) is -1.30. The van der Waals surface area contributed by atoms with Crippen molar-refractivity contribution in [3.05, 3.63) is 71.8 Å². The van der Waals surface area contributed by atoms with E-state index in [0.717, 1.165) is 21.3 Å². The molecular formula is C52H62F2O48S12. The second-order valence-electron chi connectivity index (χ2n) is 22.5. The number of hydrogen-bond donors (Lipinski definition) is 0. The van der Waals surface area contributed by atoms with Gasteiger partial charge in [-0.2, -0.15) is 101 Å². The Morgan fingerprint density at radius 2 is 0.561 bits per heavy atom. The van der Waals surface area contributed by atoms with E-state index in [9.17, 15) is 139 Å². The standard InChI is InChI=1S/C13H12O8S2.C11H12O8S2.C9H12O8S2.C7H7FO8S2.C7H12O8S2.C5H7FO8S2/c1-2-8-19-13(14)12-11(10-6-4-3-5-7-10)20-22(15,16)9-23(17,18)21-12;1-17-11(12)10-9(8-5-3-2-4-6-8)18-20(13,14)7-21(15,16)19-10;1-4-5-15-8(10)7-9(2,3)17-19(13,14)6-18(11,12)16-7;1-2-3-14-7(9)5-6(8)16-18(12,13)4-17(10,11)15-5;1-7(2)5(6(8)13-3)14-16(9,10)4-17(11,12)15-7;1-12-5(7)3-4(6)14-16(10,11)2-15(8,9)13-3/h1,3-7,11-12H,8-9H2;2-6,9-10H,7H2,1H3;1,7H,5-6H2,2-3H3;1,5-6H,3-4H2;5H,4H2,1-3H3;3-4H,2H2,1H3. The van der Waals surface area contributed by atoms with E-state index in [4.69, 9.17) is 27.6 Å². The number of alkyl halides is 2. The molecule has 10 atom stereocenters. The van der Waals surface area contributed by atoms with Gasteiger partial charge in [0.2, 0.25) is 67.1 Å². The van der Waals surface area contributed by atoms with E-state index in [1.165, 1.54) is 52.0 Å². The third kappa shape index (κ3) is 33.0. The molecule has 6 fully saturated rings. The van der Waals surface area contributed by atoms with Crippen LogP contribution in [0.3, 0.4) is 0 Å². The number of methoxy groups -OCH3 is 3. The van der Waals surface area contributed by atoms with Crippen molar-refractivity contribution in [1.29, 1.82) is 0 Å². The molecule has 0 spiro atoms.